The summed E-state index contributed by atoms with van der Waals surface area (Å²) in [5.74, 6) is -4.12. The first-order valence-corrected chi connectivity index (χ1v) is 3.80. The molecule has 0 saturated heterocycles. The molecule has 0 fully saturated rings. The normalized spacial score (nSPS) is 30.9. The fourth-order valence-electron chi connectivity index (χ4n) is 1.27. The summed E-state index contributed by atoms with van der Waals surface area (Å²) in [5, 5.41) is 17.6. The molecule has 6 heteroatoms. The van der Waals surface area contributed by atoms with Crippen molar-refractivity contribution >= 4 is 11.9 Å². The Morgan fingerprint density at radius 1 is 1.43 bits per heavy atom. The van der Waals surface area contributed by atoms with Crippen LogP contribution in [-0.4, -0.2) is 27.7 Å². The topological polar surface area (TPSA) is 127 Å². The largest absolute Gasteiger partial charge is 0.481 e. The van der Waals surface area contributed by atoms with Crippen LogP contribution in [0.3, 0.4) is 0 Å². The third-order valence-electron chi connectivity index (χ3n) is 2.17. The van der Waals surface area contributed by atoms with E-state index in [2.05, 4.69) is 0 Å². The van der Waals surface area contributed by atoms with Crippen molar-refractivity contribution in [1.82, 2.24) is 0 Å². The van der Waals surface area contributed by atoms with Crippen LogP contribution in [0.2, 0.25) is 0 Å². The van der Waals surface area contributed by atoms with E-state index in [4.69, 9.17) is 21.7 Å². The lowest BCUT2D eigenvalue weighted by Crippen LogP contribution is -2.60. The van der Waals surface area contributed by atoms with Crippen molar-refractivity contribution in [3.63, 3.8) is 0 Å². The molecule has 0 radical (unpaired) electrons. The standard InChI is InChI=1S/C8H10N2O4/c9-5-3-1-2-4(6(11)12)8(5,10)7(13)14/h1-4H,9-10H2,(H,11,12)(H,13,14). The van der Waals surface area contributed by atoms with Gasteiger partial charge in [-0.15, -0.1) is 0 Å². The molecule has 1 aliphatic carbocycles. The second-order valence-corrected chi connectivity index (χ2v) is 3.00. The monoisotopic (exact) mass is 198 g/mol. The Hall–Kier alpha value is -1.82. The number of carboxylic acids is 2. The quantitative estimate of drug-likeness (QED) is 0.445. The zero-order valence-electron chi connectivity index (χ0n) is 7.18. The van der Waals surface area contributed by atoms with Gasteiger partial charge in [-0.05, 0) is 6.08 Å². The van der Waals surface area contributed by atoms with Gasteiger partial charge < -0.3 is 21.7 Å². The molecule has 2 unspecified atom stereocenters. The van der Waals surface area contributed by atoms with Gasteiger partial charge in [0.1, 0.15) is 5.92 Å². The van der Waals surface area contributed by atoms with E-state index in [1.54, 1.807) is 0 Å². The van der Waals surface area contributed by atoms with Crippen molar-refractivity contribution in [2.45, 2.75) is 5.54 Å². The molecule has 0 amide bonds. The smallest absolute Gasteiger partial charge is 0.331 e. The van der Waals surface area contributed by atoms with Crippen LogP contribution in [0.1, 0.15) is 0 Å². The fourth-order valence-corrected chi connectivity index (χ4v) is 1.27. The molecular weight excluding hydrogens is 188 g/mol. The zero-order valence-corrected chi connectivity index (χ0v) is 7.18. The number of hydrogen-bond donors (Lipinski definition) is 4. The highest BCUT2D eigenvalue weighted by Gasteiger charge is 2.48. The SMILES string of the molecule is NC1=CC=CC(C(=O)O)C1(N)C(=O)O. The Bertz CT molecular complexity index is 347. The predicted octanol–water partition coefficient (Wildman–Crippen LogP) is -1.12. The maximum atomic E-state index is 10.9. The van der Waals surface area contributed by atoms with Gasteiger partial charge in [-0.1, -0.05) is 12.2 Å². The van der Waals surface area contributed by atoms with E-state index in [-0.39, 0.29) is 5.70 Å². The van der Waals surface area contributed by atoms with Crippen LogP contribution in [0.5, 0.6) is 0 Å². The van der Waals surface area contributed by atoms with E-state index in [0.29, 0.717) is 0 Å². The Morgan fingerprint density at radius 2 is 2.00 bits per heavy atom. The molecule has 1 rings (SSSR count). The number of allylic oxidation sites excluding steroid dienone is 2. The summed E-state index contributed by atoms with van der Waals surface area (Å²) in [4.78, 5) is 21.6. The fraction of sp³-hybridized carbons (Fsp3) is 0.250. The third-order valence-corrected chi connectivity index (χ3v) is 2.17. The lowest BCUT2D eigenvalue weighted by molar-refractivity contribution is -0.151. The Kier molecular flexibility index (Phi) is 2.31. The van der Waals surface area contributed by atoms with Crippen molar-refractivity contribution in [2.24, 2.45) is 17.4 Å². The summed E-state index contributed by atoms with van der Waals surface area (Å²) in [7, 11) is 0. The van der Waals surface area contributed by atoms with Gasteiger partial charge in [-0.25, -0.2) is 4.79 Å². The van der Waals surface area contributed by atoms with Gasteiger partial charge in [0.15, 0.2) is 5.54 Å². The molecule has 0 aromatic carbocycles. The maximum absolute atomic E-state index is 10.9. The minimum absolute atomic E-state index is 0.167. The molecular formula is C8H10N2O4. The van der Waals surface area contributed by atoms with E-state index in [9.17, 15) is 9.59 Å². The summed E-state index contributed by atoms with van der Waals surface area (Å²) in [6.45, 7) is 0. The molecule has 6 N–H and O–H groups in total. The van der Waals surface area contributed by atoms with E-state index < -0.39 is 23.4 Å². The first-order valence-electron chi connectivity index (χ1n) is 3.80. The van der Waals surface area contributed by atoms with E-state index in [1.165, 1.54) is 18.2 Å². The molecule has 0 saturated carbocycles. The van der Waals surface area contributed by atoms with Crippen LogP contribution in [0.25, 0.3) is 0 Å². The average Bonchev–Trinajstić information content (AvgIpc) is 2.08. The number of aliphatic carboxylic acids is 2. The molecule has 0 heterocycles. The molecule has 6 nitrogen and oxygen atoms in total. The summed E-state index contributed by atoms with van der Waals surface area (Å²) in [5.41, 5.74) is 8.63. The maximum Gasteiger partial charge on any atom is 0.331 e. The molecule has 0 aromatic heterocycles. The van der Waals surface area contributed by atoms with Crippen LogP contribution < -0.4 is 11.5 Å². The molecule has 0 aliphatic heterocycles. The van der Waals surface area contributed by atoms with Gasteiger partial charge in [0.25, 0.3) is 0 Å². The average molecular weight is 198 g/mol. The van der Waals surface area contributed by atoms with E-state index in [1.807, 2.05) is 0 Å². The van der Waals surface area contributed by atoms with E-state index in [0.717, 1.165) is 0 Å². The summed E-state index contributed by atoms with van der Waals surface area (Å²) in [6, 6.07) is 0. The van der Waals surface area contributed by atoms with Crippen molar-refractivity contribution in [3.8, 4) is 0 Å². The molecule has 14 heavy (non-hydrogen) atoms. The zero-order chi connectivity index (χ0) is 10.9. The second kappa shape index (κ2) is 3.15. The van der Waals surface area contributed by atoms with Crippen LogP contribution >= 0.6 is 0 Å². The van der Waals surface area contributed by atoms with Crippen LogP contribution in [-0.2, 0) is 9.59 Å². The molecule has 76 valence electrons. The highest BCUT2D eigenvalue weighted by molar-refractivity contribution is 5.91. The van der Waals surface area contributed by atoms with Gasteiger partial charge in [-0.3, -0.25) is 4.79 Å². The highest BCUT2D eigenvalue weighted by Crippen LogP contribution is 2.26. The second-order valence-electron chi connectivity index (χ2n) is 3.00. The van der Waals surface area contributed by atoms with E-state index >= 15 is 0 Å². The third kappa shape index (κ3) is 1.25. The lowest BCUT2D eigenvalue weighted by Gasteiger charge is -2.31. The van der Waals surface area contributed by atoms with Crippen molar-refractivity contribution < 1.29 is 19.8 Å². The number of nitrogens with two attached hydrogens (primary N) is 2. The highest BCUT2D eigenvalue weighted by atomic mass is 16.4. The molecule has 0 bridgehead atoms. The lowest BCUT2D eigenvalue weighted by atomic mass is 9.79. The number of rotatable bonds is 2. The molecule has 0 aromatic rings. The van der Waals surface area contributed by atoms with Gasteiger partial charge >= 0.3 is 11.9 Å². The Balaban J connectivity index is 3.22. The molecule has 2 atom stereocenters. The minimum Gasteiger partial charge on any atom is -0.481 e. The van der Waals surface area contributed by atoms with Gasteiger partial charge in [0, 0.05) is 5.70 Å². The Morgan fingerprint density at radius 3 is 2.36 bits per heavy atom. The Labute approximate surface area is 79.5 Å². The van der Waals surface area contributed by atoms with Gasteiger partial charge in [0.2, 0.25) is 0 Å². The van der Waals surface area contributed by atoms with Crippen LogP contribution in [0, 0.1) is 5.92 Å². The molecule has 1 aliphatic rings. The summed E-state index contributed by atoms with van der Waals surface area (Å²) >= 11 is 0. The first kappa shape index (κ1) is 10.3. The summed E-state index contributed by atoms with van der Waals surface area (Å²) < 4.78 is 0. The van der Waals surface area contributed by atoms with Crippen LogP contribution in [0.4, 0.5) is 0 Å². The number of carbonyl (C=O) groups is 2. The van der Waals surface area contributed by atoms with Crippen molar-refractivity contribution in [2.75, 3.05) is 0 Å². The number of hydrogen-bond acceptors (Lipinski definition) is 4. The number of carboxylic acid groups (broad SMARTS) is 2. The van der Waals surface area contributed by atoms with Gasteiger partial charge in [0.05, 0.1) is 0 Å². The minimum atomic E-state index is -2.05. The van der Waals surface area contributed by atoms with Crippen molar-refractivity contribution in [3.05, 3.63) is 23.9 Å². The predicted molar refractivity (Wildman–Crippen MR) is 47.1 cm³/mol. The van der Waals surface area contributed by atoms with Crippen molar-refractivity contribution in [1.29, 1.82) is 0 Å². The first-order chi connectivity index (χ1) is 6.40. The summed E-state index contributed by atoms with van der Waals surface area (Å²) in [6.07, 6.45) is 3.86. The van der Waals surface area contributed by atoms with Crippen LogP contribution in [0.15, 0.2) is 23.9 Å². The molecule has 0 spiro atoms. The van der Waals surface area contributed by atoms with Gasteiger partial charge in [-0.2, -0.15) is 0 Å².